The number of carbonyl (C=O) groups is 2. The molecule has 1 unspecified atom stereocenters. The number of amides is 2. The van der Waals surface area contributed by atoms with E-state index in [1.807, 2.05) is 97.9 Å². The molecule has 1 N–H and O–H groups in total. The minimum Gasteiger partial charge on any atom is -0.496 e. The topological polar surface area (TPSA) is 89.3 Å². The van der Waals surface area contributed by atoms with Gasteiger partial charge in [0.2, 0.25) is 11.8 Å². The maximum Gasteiger partial charge on any atom is 0.240 e. The summed E-state index contributed by atoms with van der Waals surface area (Å²) in [6.45, 7) is 2.21. The minimum absolute atomic E-state index is 0.151. The molecule has 0 saturated carbocycles. The molecule has 9 heteroatoms. The van der Waals surface area contributed by atoms with Gasteiger partial charge in [0.05, 0.1) is 29.5 Å². The molecule has 0 radical (unpaired) electrons. The van der Waals surface area contributed by atoms with Crippen LogP contribution in [0.2, 0.25) is 0 Å². The highest BCUT2D eigenvalue weighted by Crippen LogP contribution is 2.50. The molecule has 0 spiro atoms. The number of hydrogen-bond acceptors (Lipinski definition) is 6. The highest BCUT2D eigenvalue weighted by atomic mass is 32.2. The summed E-state index contributed by atoms with van der Waals surface area (Å²) in [7, 11) is 1.65. The molecule has 1 aliphatic heterocycles. The van der Waals surface area contributed by atoms with Crippen LogP contribution in [-0.4, -0.2) is 46.0 Å². The second-order valence-corrected chi connectivity index (χ2v) is 11.3. The predicted molar refractivity (Wildman–Crippen MR) is 169 cm³/mol. The van der Waals surface area contributed by atoms with Gasteiger partial charge in [-0.1, -0.05) is 66.2 Å². The van der Waals surface area contributed by atoms with Crippen molar-refractivity contribution < 1.29 is 14.3 Å². The van der Waals surface area contributed by atoms with Crippen LogP contribution in [-0.2, 0) is 16.1 Å². The van der Waals surface area contributed by atoms with Gasteiger partial charge in [0, 0.05) is 35.6 Å². The maximum atomic E-state index is 13.9. The molecule has 2 amide bonds. The lowest BCUT2D eigenvalue weighted by Gasteiger charge is -2.23. The van der Waals surface area contributed by atoms with Crippen LogP contribution in [0.5, 0.6) is 5.75 Å². The Bertz CT molecular complexity index is 1740. The Morgan fingerprint density at radius 3 is 2.44 bits per heavy atom. The molecule has 8 nitrogen and oxygen atoms in total. The first-order valence-corrected chi connectivity index (χ1v) is 15.0. The maximum absolute atomic E-state index is 13.9. The average molecular weight is 590 g/mol. The third-order valence-corrected chi connectivity index (χ3v) is 8.61. The second kappa shape index (κ2) is 12.5. The zero-order valence-electron chi connectivity index (χ0n) is 23.9. The molecular weight excluding hydrogens is 558 g/mol. The van der Waals surface area contributed by atoms with Crippen molar-refractivity contribution in [2.75, 3.05) is 24.3 Å². The van der Waals surface area contributed by atoms with Crippen LogP contribution >= 0.6 is 11.8 Å². The number of rotatable bonds is 8. The number of benzene rings is 3. The molecule has 0 saturated heterocycles. The number of fused-ring (bicyclic) bond motifs is 1. The van der Waals surface area contributed by atoms with Crippen LogP contribution in [0.4, 0.5) is 5.82 Å². The number of ether oxygens (including phenoxy) is 1. The Balaban J connectivity index is 1.53. The van der Waals surface area contributed by atoms with Crippen molar-refractivity contribution in [2.45, 2.75) is 18.7 Å². The summed E-state index contributed by atoms with van der Waals surface area (Å²) in [6.07, 6.45) is 3.37. The number of nitrogens with one attached hydrogen (secondary N) is 1. The third-order valence-electron chi connectivity index (χ3n) is 7.38. The molecule has 6 rings (SSSR count). The molecule has 43 heavy (non-hydrogen) atoms. The van der Waals surface area contributed by atoms with Gasteiger partial charge in [-0.25, -0.2) is 4.68 Å². The Morgan fingerprint density at radius 1 is 0.977 bits per heavy atom. The quantitative estimate of drug-likeness (QED) is 0.249. The fraction of sp³-hybridized carbons (Fsp3) is 0.176. The van der Waals surface area contributed by atoms with Gasteiger partial charge in [0.25, 0.3) is 0 Å². The average Bonchev–Trinajstić information content (AvgIpc) is 3.37. The number of aryl methyl sites for hydroxylation is 1. The molecule has 3 aromatic carbocycles. The van der Waals surface area contributed by atoms with E-state index in [0.29, 0.717) is 12.4 Å². The summed E-state index contributed by atoms with van der Waals surface area (Å²) in [5.74, 6) is 1.04. The van der Waals surface area contributed by atoms with Crippen molar-refractivity contribution in [2.24, 2.45) is 0 Å². The lowest BCUT2D eigenvalue weighted by molar-refractivity contribution is -0.123. The van der Waals surface area contributed by atoms with Gasteiger partial charge in [-0.05, 0) is 42.8 Å². The van der Waals surface area contributed by atoms with Crippen LogP contribution in [0.15, 0.2) is 103 Å². The monoisotopic (exact) mass is 589 g/mol. The van der Waals surface area contributed by atoms with Gasteiger partial charge in [-0.3, -0.25) is 19.5 Å². The van der Waals surface area contributed by atoms with Crippen LogP contribution in [0, 0.1) is 6.92 Å². The van der Waals surface area contributed by atoms with Crippen LogP contribution in [0.1, 0.15) is 27.5 Å². The summed E-state index contributed by atoms with van der Waals surface area (Å²) >= 11 is 1.52. The van der Waals surface area contributed by atoms with Crippen LogP contribution in [0.25, 0.3) is 16.9 Å². The van der Waals surface area contributed by atoms with E-state index in [1.165, 1.54) is 11.8 Å². The molecule has 1 atom stereocenters. The second-order valence-electron chi connectivity index (χ2n) is 10.2. The van der Waals surface area contributed by atoms with E-state index in [-0.39, 0.29) is 29.4 Å². The minimum atomic E-state index is -0.283. The molecule has 0 aliphatic carbocycles. The van der Waals surface area contributed by atoms with E-state index < -0.39 is 0 Å². The zero-order valence-corrected chi connectivity index (χ0v) is 24.8. The number of carbonyl (C=O) groups excluding carboxylic acids is 2. The first kappa shape index (κ1) is 28.2. The lowest BCUT2D eigenvalue weighted by Crippen LogP contribution is -2.42. The molecule has 2 aromatic heterocycles. The van der Waals surface area contributed by atoms with Gasteiger partial charge in [0.15, 0.2) is 0 Å². The largest absolute Gasteiger partial charge is 0.496 e. The number of nitrogens with zero attached hydrogens (tertiary/aromatic N) is 4. The summed E-state index contributed by atoms with van der Waals surface area (Å²) in [5.41, 5.74) is 6.29. The van der Waals surface area contributed by atoms with Crippen molar-refractivity contribution in [1.82, 2.24) is 20.1 Å². The van der Waals surface area contributed by atoms with Gasteiger partial charge in [-0.15, -0.1) is 11.8 Å². The normalized spacial score (nSPS) is 14.6. The highest BCUT2D eigenvalue weighted by Gasteiger charge is 2.38. The van der Waals surface area contributed by atoms with Gasteiger partial charge < -0.3 is 10.1 Å². The number of pyridine rings is 1. The fourth-order valence-electron chi connectivity index (χ4n) is 5.22. The van der Waals surface area contributed by atoms with Crippen molar-refractivity contribution in [3.05, 3.63) is 126 Å². The van der Waals surface area contributed by atoms with Crippen molar-refractivity contribution in [3.63, 3.8) is 0 Å². The molecule has 5 aromatic rings. The molecule has 216 valence electrons. The Hall–Kier alpha value is -4.89. The lowest BCUT2D eigenvalue weighted by atomic mass is 9.99. The van der Waals surface area contributed by atoms with E-state index in [1.54, 1.807) is 29.1 Å². The standard InChI is InChI=1S/C34H31N5O3S/c1-23-12-14-26(15-13-23)39-34-31(32(37-39)25-8-4-3-5-9-25)33(27-10-6-7-11-28(27)42-2)43-22-30(41)38(34)21-29(40)36-20-24-16-18-35-19-17-24/h3-19,33H,20-22H2,1-2H3,(H,36,40). The SMILES string of the molecule is COc1ccccc1C1SCC(=O)N(CC(=O)NCc2ccncc2)c2c1c(-c1ccccc1)nn2-c1ccc(C)cc1. The summed E-state index contributed by atoms with van der Waals surface area (Å²) in [6, 6.07) is 29.5. The van der Waals surface area contributed by atoms with Crippen LogP contribution < -0.4 is 15.0 Å². The smallest absolute Gasteiger partial charge is 0.240 e. The predicted octanol–water partition coefficient (Wildman–Crippen LogP) is 5.74. The van der Waals surface area contributed by atoms with Gasteiger partial charge in [0.1, 0.15) is 18.1 Å². The van der Waals surface area contributed by atoms with E-state index >= 15 is 0 Å². The number of thioether (sulfide) groups is 1. The Morgan fingerprint density at radius 2 is 1.70 bits per heavy atom. The van der Waals surface area contributed by atoms with E-state index in [2.05, 4.69) is 10.3 Å². The number of methoxy groups -OCH3 is 1. The van der Waals surface area contributed by atoms with Crippen molar-refractivity contribution in [3.8, 4) is 22.7 Å². The Kier molecular flexibility index (Phi) is 8.24. The first-order valence-electron chi connectivity index (χ1n) is 14.0. The third kappa shape index (κ3) is 5.89. The van der Waals surface area contributed by atoms with Crippen molar-refractivity contribution >= 4 is 29.4 Å². The molecule has 1 aliphatic rings. The molecular formula is C34H31N5O3S. The summed E-state index contributed by atoms with van der Waals surface area (Å²) in [4.78, 5) is 33.0. The summed E-state index contributed by atoms with van der Waals surface area (Å²) in [5, 5.41) is 7.83. The van der Waals surface area contributed by atoms with Crippen LogP contribution in [0.3, 0.4) is 0 Å². The number of para-hydroxylation sites is 1. The van der Waals surface area contributed by atoms with E-state index in [0.717, 1.165) is 44.9 Å². The van der Waals surface area contributed by atoms with E-state index in [9.17, 15) is 9.59 Å². The number of aromatic nitrogens is 3. The van der Waals surface area contributed by atoms with E-state index in [4.69, 9.17) is 9.84 Å². The van der Waals surface area contributed by atoms with Gasteiger partial charge >= 0.3 is 0 Å². The molecule has 0 bridgehead atoms. The number of anilines is 1. The number of hydrogen-bond donors (Lipinski definition) is 1. The first-order chi connectivity index (χ1) is 21.0. The molecule has 0 fully saturated rings. The summed E-state index contributed by atoms with van der Waals surface area (Å²) < 4.78 is 7.59. The Labute approximate surface area is 254 Å². The zero-order chi connectivity index (χ0) is 29.8. The molecule has 3 heterocycles. The highest BCUT2D eigenvalue weighted by molar-refractivity contribution is 8.00. The fourth-order valence-corrected chi connectivity index (χ4v) is 6.45. The van der Waals surface area contributed by atoms with Crippen molar-refractivity contribution in [1.29, 1.82) is 0 Å². The van der Waals surface area contributed by atoms with Gasteiger partial charge in [-0.2, -0.15) is 5.10 Å².